The van der Waals surface area contributed by atoms with Crippen LogP contribution in [0.5, 0.6) is 0 Å². The average Bonchev–Trinajstić information content (AvgIpc) is 3.37. The van der Waals surface area contributed by atoms with Crippen LogP contribution in [0.1, 0.15) is 33.9 Å². The Kier molecular flexibility index (Phi) is 6.01. The maximum Gasteiger partial charge on any atom is 0.335 e. The highest BCUT2D eigenvalue weighted by molar-refractivity contribution is 7.80. The summed E-state index contributed by atoms with van der Waals surface area (Å²) in [6.07, 6.45) is 1.77. The summed E-state index contributed by atoms with van der Waals surface area (Å²) in [5, 5.41) is 13.2. The highest BCUT2D eigenvalue weighted by Gasteiger charge is 2.41. The van der Waals surface area contributed by atoms with Crippen LogP contribution in [0, 0.1) is 0 Å². The fourth-order valence-corrected chi connectivity index (χ4v) is 4.04. The number of rotatable bonds is 7. The Morgan fingerprint density at radius 2 is 1.97 bits per heavy atom. The van der Waals surface area contributed by atoms with Gasteiger partial charge >= 0.3 is 5.97 Å². The van der Waals surface area contributed by atoms with Crippen LogP contribution in [0.2, 0.25) is 0 Å². The van der Waals surface area contributed by atoms with Crippen molar-refractivity contribution in [3.63, 3.8) is 0 Å². The lowest BCUT2D eigenvalue weighted by Crippen LogP contribution is -2.35. The zero-order valence-electron chi connectivity index (χ0n) is 17.4. The van der Waals surface area contributed by atoms with Crippen molar-refractivity contribution < 1.29 is 14.3 Å². The number of aromatic nitrogens is 1. The lowest BCUT2D eigenvalue weighted by Gasteiger charge is -2.27. The van der Waals surface area contributed by atoms with Gasteiger partial charge in [-0.1, -0.05) is 18.2 Å². The molecule has 1 aliphatic rings. The van der Waals surface area contributed by atoms with Crippen molar-refractivity contribution in [2.45, 2.75) is 12.1 Å². The summed E-state index contributed by atoms with van der Waals surface area (Å²) in [6.45, 7) is 1.59. The number of hydrogen-bond donors (Lipinski definition) is 2. The number of hydrogen-bond acceptors (Lipinski definition) is 5. The van der Waals surface area contributed by atoms with E-state index in [1.54, 1.807) is 30.5 Å². The molecule has 2 aromatic heterocycles. The predicted octanol–water partition coefficient (Wildman–Crippen LogP) is 3.57. The van der Waals surface area contributed by atoms with Gasteiger partial charge in [-0.15, -0.1) is 0 Å². The zero-order chi connectivity index (χ0) is 22.0. The van der Waals surface area contributed by atoms with E-state index in [1.165, 1.54) is 0 Å². The van der Waals surface area contributed by atoms with Gasteiger partial charge in [-0.25, -0.2) is 4.79 Å². The molecule has 2 atom stereocenters. The molecule has 31 heavy (non-hydrogen) atoms. The van der Waals surface area contributed by atoms with Crippen LogP contribution in [0.15, 0.2) is 65.2 Å². The second-order valence-electron chi connectivity index (χ2n) is 7.71. The summed E-state index contributed by atoms with van der Waals surface area (Å²) in [4.78, 5) is 19.9. The number of nitrogens with one attached hydrogen (secondary N) is 1. The minimum Gasteiger partial charge on any atom is -0.478 e. The maximum atomic E-state index is 11.1. The highest BCUT2D eigenvalue weighted by Crippen LogP contribution is 2.40. The average molecular weight is 437 g/mol. The first kappa shape index (κ1) is 21.0. The summed E-state index contributed by atoms with van der Waals surface area (Å²) in [7, 11) is 4.06. The number of likely N-dealkylation sites (N-methyl/N-ethyl adjacent to an activating group) is 1. The second-order valence-corrected chi connectivity index (χ2v) is 8.09. The minimum absolute atomic E-state index is 0.135. The van der Waals surface area contributed by atoms with E-state index >= 15 is 0 Å². The normalized spacial score (nSPS) is 18.4. The smallest absolute Gasteiger partial charge is 0.335 e. The summed E-state index contributed by atoms with van der Waals surface area (Å²) < 4.78 is 6.26. The first-order valence-electron chi connectivity index (χ1n) is 10.0. The van der Waals surface area contributed by atoms with E-state index in [0.717, 1.165) is 30.1 Å². The van der Waals surface area contributed by atoms with Crippen LogP contribution in [0.25, 0.3) is 11.3 Å². The molecule has 2 N–H and O–H groups in total. The molecule has 0 saturated carbocycles. The molecule has 3 aromatic rings. The van der Waals surface area contributed by atoms with E-state index in [9.17, 15) is 4.79 Å². The Bertz CT molecular complexity index is 1070. The number of benzene rings is 1. The number of carboxylic acid groups (broad SMARTS) is 1. The molecule has 0 radical (unpaired) electrons. The van der Waals surface area contributed by atoms with Gasteiger partial charge in [0.15, 0.2) is 5.11 Å². The molecule has 0 spiro atoms. The fourth-order valence-electron chi connectivity index (χ4n) is 3.71. The van der Waals surface area contributed by atoms with Crippen molar-refractivity contribution in [1.29, 1.82) is 0 Å². The molecule has 0 amide bonds. The molecule has 0 aliphatic carbocycles. The van der Waals surface area contributed by atoms with Crippen LogP contribution in [0.3, 0.4) is 0 Å². The van der Waals surface area contributed by atoms with Crippen molar-refractivity contribution in [3.05, 3.63) is 77.8 Å². The monoisotopic (exact) mass is 436 g/mol. The second kappa shape index (κ2) is 8.87. The largest absolute Gasteiger partial charge is 0.478 e. The molecule has 1 fully saturated rings. The first-order chi connectivity index (χ1) is 14.9. The standard InChI is InChI=1S/C23H24N4O3S/c1-26(2)13-14-27-21(20(25-23(27)31)17-5-3-4-12-24-17)19-11-10-18(30-19)15-6-8-16(9-7-15)22(28)29/h3-12,20-21H,13-14H2,1-2H3,(H,25,31)(H,28,29)/t20-,21-/m1/s1. The van der Waals surface area contributed by atoms with Gasteiger partial charge in [0, 0.05) is 24.8 Å². The summed E-state index contributed by atoms with van der Waals surface area (Å²) in [5.74, 6) is 0.503. The van der Waals surface area contributed by atoms with Gasteiger partial charge in [-0.05, 0) is 62.7 Å². The third-order valence-electron chi connectivity index (χ3n) is 5.32. The molecule has 1 aromatic carbocycles. The topological polar surface area (TPSA) is 81.8 Å². The molecule has 0 unspecified atom stereocenters. The van der Waals surface area contributed by atoms with E-state index < -0.39 is 5.97 Å². The maximum absolute atomic E-state index is 11.1. The van der Waals surface area contributed by atoms with Crippen molar-refractivity contribution >= 4 is 23.3 Å². The minimum atomic E-state index is -0.952. The van der Waals surface area contributed by atoms with Crippen LogP contribution in [-0.2, 0) is 0 Å². The van der Waals surface area contributed by atoms with E-state index in [1.807, 2.05) is 44.4 Å². The van der Waals surface area contributed by atoms with Crippen LogP contribution in [-0.4, -0.2) is 58.2 Å². The van der Waals surface area contributed by atoms with Crippen molar-refractivity contribution in [3.8, 4) is 11.3 Å². The Hall–Kier alpha value is -3.23. The van der Waals surface area contributed by atoms with E-state index in [4.69, 9.17) is 21.7 Å². The highest BCUT2D eigenvalue weighted by atomic mass is 32.1. The zero-order valence-corrected chi connectivity index (χ0v) is 18.2. The van der Waals surface area contributed by atoms with Gasteiger partial charge in [0.1, 0.15) is 17.6 Å². The number of furan rings is 1. The van der Waals surface area contributed by atoms with Crippen molar-refractivity contribution in [1.82, 2.24) is 20.1 Å². The number of aromatic carboxylic acids is 1. The van der Waals surface area contributed by atoms with Crippen LogP contribution < -0.4 is 5.32 Å². The lowest BCUT2D eigenvalue weighted by atomic mass is 10.0. The van der Waals surface area contributed by atoms with Gasteiger partial charge in [-0.3, -0.25) is 4.98 Å². The Morgan fingerprint density at radius 3 is 2.61 bits per heavy atom. The SMILES string of the molecule is CN(C)CCN1C(=S)N[C@H](c2ccccn2)[C@H]1c1ccc(-c2ccc(C(=O)O)cc2)o1. The molecule has 8 heteroatoms. The number of carboxylic acids is 1. The summed E-state index contributed by atoms with van der Waals surface area (Å²) >= 11 is 5.66. The lowest BCUT2D eigenvalue weighted by molar-refractivity contribution is 0.0697. The van der Waals surface area contributed by atoms with Gasteiger partial charge in [-0.2, -0.15) is 0 Å². The third-order valence-corrected chi connectivity index (χ3v) is 5.67. The van der Waals surface area contributed by atoms with Gasteiger partial charge in [0.05, 0.1) is 17.3 Å². The molecule has 3 heterocycles. The van der Waals surface area contributed by atoms with Gasteiger partial charge in [0.2, 0.25) is 0 Å². The quantitative estimate of drug-likeness (QED) is 0.544. The van der Waals surface area contributed by atoms with Gasteiger partial charge in [0.25, 0.3) is 0 Å². The Morgan fingerprint density at radius 1 is 1.19 bits per heavy atom. The number of carbonyl (C=O) groups is 1. The van der Waals surface area contributed by atoms with Crippen molar-refractivity contribution in [2.75, 3.05) is 27.2 Å². The molecule has 1 aliphatic heterocycles. The predicted molar refractivity (Wildman–Crippen MR) is 122 cm³/mol. The summed E-state index contributed by atoms with van der Waals surface area (Å²) in [6, 6.07) is 16.1. The van der Waals surface area contributed by atoms with E-state index in [2.05, 4.69) is 20.1 Å². The third kappa shape index (κ3) is 4.45. The molecule has 4 rings (SSSR count). The molecular weight excluding hydrogens is 412 g/mol. The summed E-state index contributed by atoms with van der Waals surface area (Å²) in [5.41, 5.74) is 1.95. The van der Waals surface area contributed by atoms with Crippen LogP contribution >= 0.6 is 12.2 Å². The molecule has 0 bridgehead atoms. The molecule has 160 valence electrons. The van der Waals surface area contributed by atoms with Gasteiger partial charge < -0.3 is 24.6 Å². The number of nitrogens with zero attached hydrogens (tertiary/aromatic N) is 3. The van der Waals surface area contributed by atoms with E-state index in [-0.39, 0.29) is 17.6 Å². The molecule has 7 nitrogen and oxygen atoms in total. The first-order valence-corrected chi connectivity index (χ1v) is 10.4. The Balaban J connectivity index is 1.67. The fraction of sp³-hybridized carbons (Fsp3) is 0.261. The molecule has 1 saturated heterocycles. The van der Waals surface area contributed by atoms with E-state index in [0.29, 0.717) is 10.9 Å². The van der Waals surface area contributed by atoms with Crippen LogP contribution in [0.4, 0.5) is 0 Å². The molecular formula is C23H24N4O3S. The number of pyridine rings is 1. The Labute approximate surface area is 186 Å². The number of thiocarbonyl (C=S) groups is 1. The van der Waals surface area contributed by atoms with Crippen molar-refractivity contribution in [2.24, 2.45) is 0 Å².